The molecule has 11 nitrogen and oxygen atoms in total. The molecule has 67 heavy (non-hydrogen) atoms. The quantitative estimate of drug-likeness (QED) is 0.0602. The number of carbonyl (C=O) groups excluding carboxylic acids is 1. The van der Waals surface area contributed by atoms with Crippen LogP contribution in [0.3, 0.4) is 0 Å². The number of nitrogens with one attached hydrogen (secondary N) is 2. The van der Waals surface area contributed by atoms with Crippen LogP contribution < -0.4 is 14.9 Å². The van der Waals surface area contributed by atoms with Crippen LogP contribution in [0, 0.1) is 5.41 Å². The lowest BCUT2D eigenvalue weighted by Crippen LogP contribution is -2.47. The molecule has 0 saturated carbocycles. The molecule has 2 heterocycles. The van der Waals surface area contributed by atoms with Gasteiger partial charge in [0.05, 0.1) is 16.7 Å². The molecule has 0 radical (unpaired) electrons. The topological polar surface area (TPSA) is 128 Å². The third-order valence-electron chi connectivity index (χ3n) is 12.8. The Morgan fingerprint density at radius 1 is 0.881 bits per heavy atom. The van der Waals surface area contributed by atoms with Gasteiger partial charge < -0.3 is 19.9 Å². The Morgan fingerprint density at radius 2 is 1.57 bits per heavy atom. The van der Waals surface area contributed by atoms with Crippen molar-refractivity contribution in [3.63, 3.8) is 0 Å². The molecule has 0 bridgehead atoms. The summed E-state index contributed by atoms with van der Waals surface area (Å²) in [4.78, 5) is 18.9. The first kappa shape index (κ1) is 52.6. The summed E-state index contributed by atoms with van der Waals surface area (Å²) in [6.45, 7) is 12.9. The Morgan fingerprint density at radius 3 is 2.21 bits per heavy atom. The average Bonchev–Trinajstić information content (AvgIpc) is 3.28. The van der Waals surface area contributed by atoms with Crippen LogP contribution in [0.1, 0.15) is 88.9 Å². The average molecular weight is 998 g/mol. The van der Waals surface area contributed by atoms with Crippen LogP contribution >= 0.6 is 11.8 Å². The summed E-state index contributed by atoms with van der Waals surface area (Å²) in [7, 11) is -10.9. The summed E-state index contributed by atoms with van der Waals surface area (Å²) in [5.74, 6) is -0.682. The fraction of sp³-hybridized carbons (Fsp3) is 0.562. The van der Waals surface area contributed by atoms with Crippen molar-refractivity contribution in [3.05, 3.63) is 89.5 Å². The van der Waals surface area contributed by atoms with Crippen LogP contribution in [0.15, 0.2) is 98.6 Å². The van der Waals surface area contributed by atoms with E-state index in [4.69, 9.17) is 4.74 Å². The predicted molar refractivity (Wildman–Crippen MR) is 254 cm³/mol. The maximum atomic E-state index is 14.2. The number of amides is 1. The molecule has 1 atom stereocenters. The number of alkyl halides is 5. The fourth-order valence-corrected chi connectivity index (χ4v) is 12.0. The van der Waals surface area contributed by atoms with Crippen LogP contribution in [-0.4, -0.2) is 121 Å². The van der Waals surface area contributed by atoms with Crippen LogP contribution in [0.2, 0.25) is 0 Å². The van der Waals surface area contributed by atoms with E-state index >= 15 is 0 Å². The number of sulfonamides is 1. The maximum absolute atomic E-state index is 14.2. The van der Waals surface area contributed by atoms with E-state index in [-0.39, 0.29) is 23.5 Å². The van der Waals surface area contributed by atoms with Crippen molar-refractivity contribution in [1.29, 1.82) is 0 Å². The molecular weight excluding hydrogens is 934 g/mol. The number of allylic oxidation sites excluding steroid dienone is 1. The number of anilines is 2. The highest BCUT2D eigenvalue weighted by molar-refractivity contribution is 7.99. The van der Waals surface area contributed by atoms with Gasteiger partial charge in [0.15, 0.2) is 0 Å². The van der Waals surface area contributed by atoms with Crippen molar-refractivity contribution in [2.75, 3.05) is 74.9 Å². The predicted octanol–water partition coefficient (Wildman–Crippen LogP) is 9.63. The first-order valence-corrected chi connectivity index (χ1v) is 27.0. The van der Waals surface area contributed by atoms with Gasteiger partial charge in [0, 0.05) is 93.3 Å². The first-order valence-electron chi connectivity index (χ1n) is 23.1. The molecule has 1 aliphatic carbocycles. The minimum absolute atomic E-state index is 0.0280. The molecule has 19 heteroatoms. The second-order valence-corrected chi connectivity index (χ2v) is 23.1. The second kappa shape index (κ2) is 23.2. The molecule has 0 aromatic heterocycles. The summed E-state index contributed by atoms with van der Waals surface area (Å²) in [6, 6.07) is 17.6. The Hall–Kier alpha value is -3.75. The van der Waals surface area contributed by atoms with Crippen LogP contribution in [0.5, 0.6) is 0 Å². The summed E-state index contributed by atoms with van der Waals surface area (Å²) in [6.07, 6.45) is 4.00. The van der Waals surface area contributed by atoms with Gasteiger partial charge in [-0.1, -0.05) is 43.2 Å². The Balaban J connectivity index is 1.11. The number of hydrogen-bond acceptors (Lipinski definition) is 11. The Kier molecular flexibility index (Phi) is 18.2. The smallest absolute Gasteiger partial charge is 0.380 e. The standard InChI is InChI=1S/C48H64F5N5O6S3/c1-4-64-40-21-25-56(26-22-40)24-20-38(34-65-41-10-6-5-7-11-41)54-43-18-17-42(31-44(43)66(60,61)48(51,52)53)67(62,63)55-46(59)35-13-15-39(16-14-35)58-29-27-57(28-30-58)33-37-19-23-47(2,3)32-36(37)9-8-12-45(49)50/h5-7,10-11,13-18,31,38,40,45,54H,4,8-9,12,19-30,32-34H2,1-3H3,(H,55,59). The molecule has 3 aliphatic rings. The molecule has 2 saturated heterocycles. The molecule has 3 aromatic rings. The molecule has 1 amide bonds. The van der Waals surface area contributed by atoms with E-state index in [1.807, 2.05) is 42.0 Å². The highest BCUT2D eigenvalue weighted by atomic mass is 32.2. The number of piperidine rings is 1. The number of benzene rings is 3. The Labute approximate surface area is 397 Å². The molecular formula is C48H64F5N5O6S3. The molecule has 3 aromatic carbocycles. The molecule has 1 unspecified atom stereocenters. The van der Waals surface area contributed by atoms with Gasteiger partial charge in [0.25, 0.3) is 25.8 Å². The van der Waals surface area contributed by atoms with E-state index in [2.05, 4.69) is 33.9 Å². The molecule has 2 N–H and O–H groups in total. The number of ether oxygens (including phenoxy) is 1. The van der Waals surface area contributed by atoms with Crippen molar-refractivity contribution in [1.82, 2.24) is 14.5 Å². The van der Waals surface area contributed by atoms with Gasteiger partial charge in [-0.05, 0) is 118 Å². The zero-order valence-electron chi connectivity index (χ0n) is 38.5. The van der Waals surface area contributed by atoms with E-state index in [0.29, 0.717) is 57.3 Å². The first-order chi connectivity index (χ1) is 31.7. The summed E-state index contributed by atoms with van der Waals surface area (Å²) in [5, 5.41) is 3.01. The van der Waals surface area contributed by atoms with Crippen molar-refractivity contribution in [2.45, 2.75) is 117 Å². The SMILES string of the molecule is CCOC1CCN(CCC(CSc2ccccc2)Nc2ccc(S(=O)(=O)NC(=O)c3ccc(N4CCN(CC5=C(CCCC(F)F)CC(C)(C)CC5)CC4)cc3)cc2S(=O)(=O)C(F)(F)F)CC1. The minimum atomic E-state index is -6.07. The van der Waals surface area contributed by atoms with Gasteiger partial charge in [-0.3, -0.25) is 9.69 Å². The lowest BCUT2D eigenvalue weighted by Gasteiger charge is -2.39. The monoisotopic (exact) mass is 997 g/mol. The molecule has 2 fully saturated rings. The fourth-order valence-electron chi connectivity index (χ4n) is 9.02. The van der Waals surface area contributed by atoms with Crippen LogP contribution in [0.4, 0.5) is 33.3 Å². The molecule has 370 valence electrons. The number of rotatable bonds is 21. The second-order valence-electron chi connectivity index (χ2n) is 18.4. The third kappa shape index (κ3) is 14.9. The van der Waals surface area contributed by atoms with Gasteiger partial charge in [0.1, 0.15) is 4.90 Å². The van der Waals surface area contributed by atoms with Gasteiger partial charge >= 0.3 is 5.51 Å². The van der Waals surface area contributed by atoms with E-state index in [0.717, 1.165) is 87.5 Å². The van der Waals surface area contributed by atoms with Crippen molar-refractivity contribution in [2.24, 2.45) is 5.41 Å². The highest BCUT2D eigenvalue weighted by Crippen LogP contribution is 2.41. The highest BCUT2D eigenvalue weighted by Gasteiger charge is 2.48. The van der Waals surface area contributed by atoms with Gasteiger partial charge in [-0.15, -0.1) is 11.8 Å². The lowest BCUT2D eigenvalue weighted by atomic mass is 9.73. The van der Waals surface area contributed by atoms with Gasteiger partial charge in [0.2, 0.25) is 6.43 Å². The molecule has 0 spiro atoms. The number of thioether (sulfide) groups is 1. The zero-order chi connectivity index (χ0) is 48.4. The summed E-state index contributed by atoms with van der Waals surface area (Å²) < 4.78 is 130. The minimum Gasteiger partial charge on any atom is -0.380 e. The number of sulfone groups is 1. The van der Waals surface area contributed by atoms with Crippen molar-refractivity contribution >= 4 is 48.9 Å². The Bertz CT molecular complexity index is 2350. The number of carbonyl (C=O) groups is 1. The number of nitrogens with zero attached hydrogens (tertiary/aromatic N) is 3. The van der Waals surface area contributed by atoms with Gasteiger partial charge in [-0.25, -0.2) is 30.3 Å². The number of likely N-dealkylation sites (tertiary alicyclic amines) is 1. The number of halogens is 5. The number of hydrogen-bond donors (Lipinski definition) is 2. The third-order valence-corrected chi connectivity index (χ3v) is 16.9. The summed E-state index contributed by atoms with van der Waals surface area (Å²) in [5.41, 5.74) is -2.56. The zero-order valence-corrected chi connectivity index (χ0v) is 41.0. The summed E-state index contributed by atoms with van der Waals surface area (Å²) >= 11 is 1.45. The maximum Gasteiger partial charge on any atom is 0.501 e. The van der Waals surface area contributed by atoms with Crippen LogP contribution in [0.25, 0.3) is 0 Å². The molecule has 6 rings (SSSR count). The van der Waals surface area contributed by atoms with Crippen molar-refractivity contribution in [3.8, 4) is 0 Å². The van der Waals surface area contributed by atoms with Crippen LogP contribution in [-0.2, 0) is 24.6 Å². The molecule has 2 aliphatic heterocycles. The van der Waals surface area contributed by atoms with E-state index < -0.39 is 59.2 Å². The van der Waals surface area contributed by atoms with E-state index in [9.17, 15) is 43.6 Å². The van der Waals surface area contributed by atoms with Gasteiger partial charge in [-0.2, -0.15) is 13.2 Å². The van der Waals surface area contributed by atoms with Crippen molar-refractivity contribution < 1.29 is 48.3 Å². The van der Waals surface area contributed by atoms with E-state index in [1.165, 1.54) is 35.0 Å². The largest absolute Gasteiger partial charge is 0.501 e. The normalized spacial score (nSPS) is 18.6. The number of piperazine rings is 1. The van der Waals surface area contributed by atoms with E-state index in [1.54, 1.807) is 12.1 Å². The lowest BCUT2D eigenvalue weighted by molar-refractivity contribution is -0.0436.